The van der Waals surface area contributed by atoms with Crippen molar-refractivity contribution in [3.63, 3.8) is 0 Å². The summed E-state index contributed by atoms with van der Waals surface area (Å²) in [5, 5.41) is 0. The molecule has 0 saturated carbocycles. The SMILES string of the molecule is CC(Oc1ccc(-c2ccccc2)cc1)C(=O)N(C)C. The molecule has 0 bridgehead atoms. The van der Waals surface area contributed by atoms with Gasteiger partial charge < -0.3 is 9.64 Å². The molecule has 0 saturated heterocycles. The van der Waals surface area contributed by atoms with Gasteiger partial charge >= 0.3 is 0 Å². The van der Waals surface area contributed by atoms with Crippen LogP contribution in [0.15, 0.2) is 54.6 Å². The number of hydrogen-bond acceptors (Lipinski definition) is 2. The fourth-order valence-electron chi connectivity index (χ4n) is 1.97. The van der Waals surface area contributed by atoms with Crippen molar-refractivity contribution in [3.05, 3.63) is 54.6 Å². The molecule has 0 fully saturated rings. The lowest BCUT2D eigenvalue weighted by molar-refractivity contribution is -0.135. The number of rotatable bonds is 4. The Hall–Kier alpha value is -2.29. The maximum Gasteiger partial charge on any atom is 0.262 e. The van der Waals surface area contributed by atoms with E-state index in [-0.39, 0.29) is 5.91 Å². The van der Waals surface area contributed by atoms with Crippen LogP contribution in [-0.2, 0) is 4.79 Å². The normalized spacial score (nSPS) is 11.8. The van der Waals surface area contributed by atoms with Crippen LogP contribution in [-0.4, -0.2) is 31.0 Å². The van der Waals surface area contributed by atoms with Crippen molar-refractivity contribution in [1.29, 1.82) is 0 Å². The molecule has 0 aliphatic rings. The molecule has 0 N–H and O–H groups in total. The van der Waals surface area contributed by atoms with Crippen LogP contribution in [0.25, 0.3) is 11.1 Å². The van der Waals surface area contributed by atoms with Crippen LogP contribution in [0.2, 0.25) is 0 Å². The number of amides is 1. The highest BCUT2D eigenvalue weighted by Gasteiger charge is 2.16. The first-order valence-corrected chi connectivity index (χ1v) is 6.61. The van der Waals surface area contributed by atoms with Crippen molar-refractivity contribution in [1.82, 2.24) is 4.90 Å². The fourth-order valence-corrected chi connectivity index (χ4v) is 1.97. The van der Waals surface area contributed by atoms with Gasteiger partial charge in [-0.15, -0.1) is 0 Å². The summed E-state index contributed by atoms with van der Waals surface area (Å²) in [7, 11) is 3.45. The molecule has 0 spiro atoms. The van der Waals surface area contributed by atoms with Crippen LogP contribution in [0.3, 0.4) is 0 Å². The number of likely N-dealkylation sites (N-methyl/N-ethyl adjacent to an activating group) is 1. The molecule has 3 nitrogen and oxygen atoms in total. The molecular weight excluding hydrogens is 250 g/mol. The lowest BCUT2D eigenvalue weighted by Crippen LogP contribution is -2.35. The van der Waals surface area contributed by atoms with Gasteiger partial charge in [-0.25, -0.2) is 0 Å². The van der Waals surface area contributed by atoms with Gasteiger partial charge in [0.05, 0.1) is 0 Å². The van der Waals surface area contributed by atoms with E-state index >= 15 is 0 Å². The lowest BCUT2D eigenvalue weighted by atomic mass is 10.1. The van der Waals surface area contributed by atoms with Gasteiger partial charge in [0.1, 0.15) is 5.75 Å². The van der Waals surface area contributed by atoms with Crippen molar-refractivity contribution in [2.45, 2.75) is 13.0 Å². The molecule has 1 unspecified atom stereocenters. The third-order valence-electron chi connectivity index (χ3n) is 3.06. The van der Waals surface area contributed by atoms with Gasteiger partial charge in [-0.3, -0.25) is 4.79 Å². The van der Waals surface area contributed by atoms with E-state index in [0.29, 0.717) is 5.75 Å². The highest BCUT2D eigenvalue weighted by atomic mass is 16.5. The van der Waals surface area contributed by atoms with Crippen molar-refractivity contribution < 1.29 is 9.53 Å². The summed E-state index contributed by atoms with van der Waals surface area (Å²) >= 11 is 0. The van der Waals surface area contributed by atoms with Gasteiger partial charge in [-0.2, -0.15) is 0 Å². The van der Waals surface area contributed by atoms with E-state index in [1.807, 2.05) is 42.5 Å². The Labute approximate surface area is 119 Å². The monoisotopic (exact) mass is 269 g/mol. The van der Waals surface area contributed by atoms with Crippen LogP contribution >= 0.6 is 0 Å². The molecule has 1 amide bonds. The topological polar surface area (TPSA) is 29.5 Å². The summed E-state index contributed by atoms with van der Waals surface area (Å²) < 4.78 is 5.64. The largest absolute Gasteiger partial charge is 0.481 e. The second-order valence-electron chi connectivity index (χ2n) is 4.88. The van der Waals surface area contributed by atoms with Gasteiger partial charge in [-0.05, 0) is 30.2 Å². The number of carbonyl (C=O) groups excluding carboxylic acids is 1. The number of carbonyl (C=O) groups is 1. The Morgan fingerprint density at radius 2 is 1.50 bits per heavy atom. The van der Waals surface area contributed by atoms with Crippen LogP contribution in [0.4, 0.5) is 0 Å². The molecule has 2 rings (SSSR count). The highest BCUT2D eigenvalue weighted by molar-refractivity contribution is 5.80. The molecule has 2 aromatic carbocycles. The number of nitrogens with zero attached hydrogens (tertiary/aromatic N) is 1. The Morgan fingerprint density at radius 1 is 0.950 bits per heavy atom. The predicted molar refractivity (Wildman–Crippen MR) is 80.7 cm³/mol. The van der Waals surface area contributed by atoms with E-state index in [1.165, 1.54) is 4.90 Å². The summed E-state index contributed by atoms with van der Waals surface area (Å²) in [5.74, 6) is 0.657. The number of benzene rings is 2. The summed E-state index contributed by atoms with van der Waals surface area (Å²) in [4.78, 5) is 13.3. The molecule has 0 radical (unpaired) electrons. The van der Waals surface area contributed by atoms with Crippen molar-refractivity contribution in [3.8, 4) is 16.9 Å². The minimum Gasteiger partial charge on any atom is -0.481 e. The maximum atomic E-state index is 11.7. The average Bonchev–Trinajstić information content (AvgIpc) is 2.48. The van der Waals surface area contributed by atoms with E-state index in [2.05, 4.69) is 12.1 Å². The Bertz CT molecular complexity index is 561. The molecule has 2 aromatic rings. The van der Waals surface area contributed by atoms with Crippen LogP contribution in [0.1, 0.15) is 6.92 Å². The standard InChI is InChI=1S/C17H19NO2/c1-13(17(19)18(2)3)20-16-11-9-15(10-12-16)14-7-5-4-6-8-14/h4-13H,1-3H3. The van der Waals surface area contributed by atoms with Crippen molar-refractivity contribution in [2.24, 2.45) is 0 Å². The van der Waals surface area contributed by atoms with E-state index in [0.717, 1.165) is 11.1 Å². The zero-order valence-electron chi connectivity index (χ0n) is 12.0. The molecule has 104 valence electrons. The van der Waals surface area contributed by atoms with E-state index in [1.54, 1.807) is 21.0 Å². The third-order valence-corrected chi connectivity index (χ3v) is 3.06. The fraction of sp³-hybridized carbons (Fsp3) is 0.235. The van der Waals surface area contributed by atoms with Crippen LogP contribution in [0.5, 0.6) is 5.75 Å². The maximum absolute atomic E-state index is 11.7. The first-order chi connectivity index (χ1) is 9.58. The average molecular weight is 269 g/mol. The molecular formula is C17H19NO2. The van der Waals surface area contributed by atoms with Gasteiger partial charge in [0.25, 0.3) is 5.91 Å². The molecule has 0 aliphatic carbocycles. The summed E-state index contributed by atoms with van der Waals surface area (Å²) in [6.07, 6.45) is -0.479. The second kappa shape index (κ2) is 6.24. The second-order valence-corrected chi connectivity index (χ2v) is 4.88. The molecule has 0 aromatic heterocycles. The minimum absolute atomic E-state index is 0.0443. The Balaban J connectivity index is 2.07. The first kappa shape index (κ1) is 14.1. The quantitative estimate of drug-likeness (QED) is 0.853. The van der Waals surface area contributed by atoms with E-state index in [9.17, 15) is 4.79 Å². The third kappa shape index (κ3) is 3.38. The highest BCUT2D eigenvalue weighted by Crippen LogP contribution is 2.22. The number of hydrogen-bond donors (Lipinski definition) is 0. The summed E-state index contributed by atoms with van der Waals surface area (Å²) in [5.41, 5.74) is 2.29. The molecule has 0 aliphatic heterocycles. The van der Waals surface area contributed by atoms with Crippen LogP contribution in [0, 0.1) is 0 Å². The number of ether oxygens (including phenoxy) is 1. The lowest BCUT2D eigenvalue weighted by Gasteiger charge is -2.18. The van der Waals surface area contributed by atoms with Gasteiger partial charge in [-0.1, -0.05) is 42.5 Å². The molecule has 0 heterocycles. The molecule has 3 heteroatoms. The van der Waals surface area contributed by atoms with Crippen molar-refractivity contribution >= 4 is 5.91 Å². The Morgan fingerprint density at radius 3 is 2.05 bits per heavy atom. The van der Waals surface area contributed by atoms with Crippen molar-refractivity contribution in [2.75, 3.05) is 14.1 Å². The minimum atomic E-state index is -0.479. The Kier molecular flexibility index (Phi) is 4.41. The molecule has 20 heavy (non-hydrogen) atoms. The zero-order chi connectivity index (χ0) is 14.5. The summed E-state index contributed by atoms with van der Waals surface area (Å²) in [6, 6.07) is 17.9. The van der Waals surface area contributed by atoms with E-state index in [4.69, 9.17) is 4.74 Å². The smallest absolute Gasteiger partial charge is 0.262 e. The van der Waals surface area contributed by atoms with E-state index < -0.39 is 6.10 Å². The zero-order valence-corrected chi connectivity index (χ0v) is 12.0. The van der Waals surface area contributed by atoms with Gasteiger partial charge in [0.15, 0.2) is 6.10 Å². The predicted octanol–water partition coefficient (Wildman–Crippen LogP) is 3.21. The summed E-state index contributed by atoms with van der Waals surface area (Å²) in [6.45, 7) is 1.76. The molecule has 1 atom stereocenters. The van der Waals surface area contributed by atoms with Gasteiger partial charge in [0.2, 0.25) is 0 Å². The van der Waals surface area contributed by atoms with Crippen LogP contribution < -0.4 is 4.74 Å². The first-order valence-electron chi connectivity index (χ1n) is 6.61. The van der Waals surface area contributed by atoms with Gasteiger partial charge in [0, 0.05) is 14.1 Å².